The molecular formula is C10H18N2OS. The molecule has 0 saturated heterocycles. The summed E-state index contributed by atoms with van der Waals surface area (Å²) in [6.45, 7) is 6.85. The molecular weight excluding hydrogens is 196 g/mol. The Morgan fingerprint density at radius 2 is 2.29 bits per heavy atom. The minimum atomic E-state index is -0.249. The number of rotatable bonds is 5. The van der Waals surface area contributed by atoms with Gasteiger partial charge in [-0.25, -0.2) is 0 Å². The summed E-state index contributed by atoms with van der Waals surface area (Å²) in [4.78, 5) is 0. The van der Waals surface area contributed by atoms with E-state index in [-0.39, 0.29) is 11.4 Å². The Kier molecular flexibility index (Phi) is 4.48. The van der Waals surface area contributed by atoms with Crippen LogP contribution in [0.1, 0.15) is 26.3 Å². The van der Waals surface area contributed by atoms with Crippen LogP contribution in [0, 0.1) is 0 Å². The summed E-state index contributed by atoms with van der Waals surface area (Å²) >= 11 is 1.76. The summed E-state index contributed by atoms with van der Waals surface area (Å²) < 4.78 is 1.92. The van der Waals surface area contributed by atoms with Crippen LogP contribution in [-0.2, 0) is 12.3 Å². The van der Waals surface area contributed by atoms with E-state index in [1.807, 2.05) is 24.7 Å². The molecule has 2 unspecified atom stereocenters. The predicted octanol–water partition coefficient (Wildman–Crippen LogP) is 1.91. The van der Waals surface area contributed by atoms with Crippen LogP contribution >= 0.6 is 11.8 Å². The maximum absolute atomic E-state index is 9.31. The lowest BCUT2D eigenvalue weighted by atomic mass is 10.3. The lowest BCUT2D eigenvalue weighted by Gasteiger charge is -2.12. The van der Waals surface area contributed by atoms with Crippen molar-refractivity contribution in [2.24, 2.45) is 0 Å². The van der Waals surface area contributed by atoms with Crippen molar-refractivity contribution in [1.82, 2.24) is 9.78 Å². The van der Waals surface area contributed by atoms with Crippen molar-refractivity contribution in [3.05, 3.63) is 18.0 Å². The Balaban J connectivity index is 2.37. The molecule has 14 heavy (non-hydrogen) atoms. The van der Waals surface area contributed by atoms with Crippen molar-refractivity contribution in [3.63, 3.8) is 0 Å². The summed E-state index contributed by atoms with van der Waals surface area (Å²) in [6, 6.07) is 0. The van der Waals surface area contributed by atoms with Gasteiger partial charge in [0.25, 0.3) is 0 Å². The van der Waals surface area contributed by atoms with E-state index in [9.17, 15) is 5.11 Å². The van der Waals surface area contributed by atoms with Crippen LogP contribution in [0.3, 0.4) is 0 Å². The third kappa shape index (κ3) is 3.35. The minimum Gasteiger partial charge on any atom is -0.392 e. The second-order valence-electron chi connectivity index (χ2n) is 3.46. The van der Waals surface area contributed by atoms with Crippen molar-refractivity contribution in [3.8, 4) is 0 Å². The standard InChI is InChI=1S/C10H18N2OS/c1-4-12-6-10(5-11-12)7-14-9(3)8(2)13/h5-6,8-9,13H,4,7H2,1-3H3. The Morgan fingerprint density at radius 1 is 1.57 bits per heavy atom. The number of hydrogen-bond donors (Lipinski definition) is 1. The van der Waals surface area contributed by atoms with Gasteiger partial charge in [-0.05, 0) is 19.4 Å². The maximum Gasteiger partial charge on any atom is 0.0628 e. The number of aliphatic hydroxyl groups is 1. The first-order valence-electron chi connectivity index (χ1n) is 4.94. The third-order valence-electron chi connectivity index (χ3n) is 2.20. The van der Waals surface area contributed by atoms with Gasteiger partial charge >= 0.3 is 0 Å². The first kappa shape index (κ1) is 11.6. The van der Waals surface area contributed by atoms with Crippen molar-refractivity contribution in [2.75, 3.05) is 0 Å². The van der Waals surface area contributed by atoms with E-state index in [1.54, 1.807) is 11.8 Å². The molecule has 0 aliphatic rings. The monoisotopic (exact) mass is 214 g/mol. The number of nitrogens with zero attached hydrogens (tertiary/aromatic N) is 2. The van der Waals surface area contributed by atoms with E-state index in [1.165, 1.54) is 5.56 Å². The Bertz CT molecular complexity index is 273. The van der Waals surface area contributed by atoms with E-state index < -0.39 is 0 Å². The van der Waals surface area contributed by atoms with Gasteiger partial charge in [0.2, 0.25) is 0 Å². The predicted molar refractivity (Wildman–Crippen MR) is 60.3 cm³/mol. The second-order valence-corrected chi connectivity index (χ2v) is 4.83. The van der Waals surface area contributed by atoms with Crippen molar-refractivity contribution >= 4 is 11.8 Å². The normalized spacial score (nSPS) is 15.4. The lowest BCUT2D eigenvalue weighted by molar-refractivity contribution is 0.196. The van der Waals surface area contributed by atoms with Gasteiger partial charge < -0.3 is 5.11 Å². The van der Waals surface area contributed by atoms with E-state index in [4.69, 9.17) is 0 Å². The Labute approximate surface area is 89.5 Å². The SMILES string of the molecule is CCn1cc(CSC(C)C(C)O)cn1. The fourth-order valence-electron chi connectivity index (χ4n) is 1.02. The summed E-state index contributed by atoms with van der Waals surface area (Å²) in [5, 5.41) is 13.8. The second kappa shape index (κ2) is 5.41. The Hall–Kier alpha value is -0.480. The molecule has 1 N–H and O–H groups in total. The van der Waals surface area contributed by atoms with Gasteiger partial charge in [-0.1, -0.05) is 6.92 Å². The molecule has 1 aromatic heterocycles. The van der Waals surface area contributed by atoms with E-state index in [0.29, 0.717) is 0 Å². The summed E-state index contributed by atoms with van der Waals surface area (Å²) in [5.74, 6) is 0.923. The highest BCUT2D eigenvalue weighted by atomic mass is 32.2. The fourth-order valence-corrected chi connectivity index (χ4v) is 1.90. The number of aliphatic hydroxyl groups excluding tert-OH is 1. The molecule has 0 saturated carbocycles. The fraction of sp³-hybridized carbons (Fsp3) is 0.700. The molecule has 0 aromatic carbocycles. The van der Waals surface area contributed by atoms with Crippen molar-refractivity contribution < 1.29 is 5.11 Å². The Morgan fingerprint density at radius 3 is 2.79 bits per heavy atom. The molecule has 0 fully saturated rings. The zero-order valence-corrected chi connectivity index (χ0v) is 9.79. The van der Waals surface area contributed by atoms with Gasteiger partial charge in [0.05, 0.1) is 12.3 Å². The molecule has 0 aliphatic heterocycles. The smallest absolute Gasteiger partial charge is 0.0628 e. The highest BCUT2D eigenvalue weighted by molar-refractivity contribution is 7.99. The molecule has 0 aliphatic carbocycles. The summed E-state index contributed by atoms with van der Waals surface area (Å²) in [6.07, 6.45) is 3.70. The first-order chi connectivity index (χ1) is 6.63. The molecule has 3 nitrogen and oxygen atoms in total. The topological polar surface area (TPSA) is 38.0 Å². The van der Waals surface area contributed by atoms with Crippen molar-refractivity contribution in [1.29, 1.82) is 0 Å². The molecule has 4 heteroatoms. The van der Waals surface area contributed by atoms with Crippen molar-refractivity contribution in [2.45, 2.75) is 44.4 Å². The van der Waals surface area contributed by atoms with Gasteiger partial charge in [-0.2, -0.15) is 16.9 Å². The molecule has 1 aromatic rings. The largest absolute Gasteiger partial charge is 0.392 e. The van der Waals surface area contributed by atoms with E-state index in [2.05, 4.69) is 18.2 Å². The van der Waals surface area contributed by atoms with Crippen LogP contribution in [0.25, 0.3) is 0 Å². The number of aromatic nitrogens is 2. The summed E-state index contributed by atoms with van der Waals surface area (Å²) in [5.41, 5.74) is 1.23. The molecule has 2 atom stereocenters. The summed E-state index contributed by atoms with van der Waals surface area (Å²) in [7, 11) is 0. The lowest BCUT2D eigenvalue weighted by Crippen LogP contribution is -2.15. The zero-order chi connectivity index (χ0) is 10.6. The van der Waals surface area contributed by atoms with E-state index >= 15 is 0 Å². The zero-order valence-electron chi connectivity index (χ0n) is 8.97. The van der Waals surface area contributed by atoms with Gasteiger partial charge in [0.15, 0.2) is 0 Å². The number of hydrogen-bond acceptors (Lipinski definition) is 3. The molecule has 1 heterocycles. The van der Waals surface area contributed by atoms with Crippen LogP contribution in [-0.4, -0.2) is 26.2 Å². The van der Waals surface area contributed by atoms with Crippen LogP contribution in [0.5, 0.6) is 0 Å². The van der Waals surface area contributed by atoms with Crippen LogP contribution in [0.15, 0.2) is 12.4 Å². The van der Waals surface area contributed by atoms with Crippen LogP contribution < -0.4 is 0 Å². The molecule has 80 valence electrons. The average Bonchev–Trinajstić information content (AvgIpc) is 2.61. The van der Waals surface area contributed by atoms with Gasteiger partial charge in [-0.15, -0.1) is 0 Å². The van der Waals surface area contributed by atoms with Gasteiger partial charge in [-0.3, -0.25) is 4.68 Å². The molecule has 0 bridgehead atoms. The quantitative estimate of drug-likeness (QED) is 0.813. The molecule has 0 amide bonds. The van der Waals surface area contributed by atoms with Gasteiger partial charge in [0, 0.05) is 23.7 Å². The highest BCUT2D eigenvalue weighted by Crippen LogP contribution is 2.19. The van der Waals surface area contributed by atoms with E-state index in [0.717, 1.165) is 12.3 Å². The first-order valence-corrected chi connectivity index (χ1v) is 5.99. The van der Waals surface area contributed by atoms with Crippen LogP contribution in [0.2, 0.25) is 0 Å². The average molecular weight is 214 g/mol. The number of thioether (sulfide) groups is 1. The molecule has 0 radical (unpaired) electrons. The maximum atomic E-state index is 9.31. The van der Waals surface area contributed by atoms with Gasteiger partial charge in [0.1, 0.15) is 0 Å². The third-order valence-corrected chi connectivity index (χ3v) is 3.62. The number of aryl methyl sites for hydroxylation is 1. The highest BCUT2D eigenvalue weighted by Gasteiger charge is 2.09. The molecule has 1 rings (SSSR count). The van der Waals surface area contributed by atoms with Crippen LogP contribution in [0.4, 0.5) is 0 Å². The molecule has 0 spiro atoms. The minimum absolute atomic E-state index is 0.249.